The van der Waals surface area contributed by atoms with Crippen LogP contribution in [0.3, 0.4) is 0 Å². The lowest BCUT2D eigenvalue weighted by Gasteiger charge is -2.34. The quantitative estimate of drug-likeness (QED) is 0.723. The van der Waals surface area contributed by atoms with E-state index in [4.69, 9.17) is 0 Å². The number of carbonyl (C=O) groups is 2. The Bertz CT molecular complexity index is 1140. The number of anilines is 1. The van der Waals surface area contributed by atoms with Crippen molar-refractivity contribution in [2.24, 2.45) is 0 Å². The van der Waals surface area contributed by atoms with Crippen LogP contribution in [0.25, 0.3) is 0 Å². The third-order valence-corrected chi connectivity index (χ3v) is 7.82. The van der Waals surface area contributed by atoms with Crippen LogP contribution in [0.4, 0.5) is 10.5 Å². The van der Waals surface area contributed by atoms with Gasteiger partial charge in [-0.05, 0) is 68.1 Å². The van der Waals surface area contributed by atoms with Crippen LogP contribution in [0, 0.1) is 13.8 Å². The van der Waals surface area contributed by atoms with Crippen LogP contribution in [0.1, 0.15) is 34.3 Å². The predicted octanol–water partition coefficient (Wildman–Crippen LogP) is 2.73. The molecule has 0 radical (unpaired) electrons. The molecule has 2 fully saturated rings. The van der Waals surface area contributed by atoms with Crippen molar-refractivity contribution in [1.29, 1.82) is 0 Å². The van der Waals surface area contributed by atoms with Gasteiger partial charge in [0.2, 0.25) is 10.0 Å². The first-order valence-electron chi connectivity index (χ1n) is 10.8. The van der Waals surface area contributed by atoms with Crippen LogP contribution in [-0.2, 0) is 10.0 Å². The maximum absolute atomic E-state index is 13.0. The molecule has 0 aromatic heterocycles. The zero-order valence-electron chi connectivity index (χ0n) is 18.3. The molecule has 2 aliphatic rings. The lowest BCUT2D eigenvalue weighted by atomic mass is 10.1. The third-order valence-electron chi connectivity index (χ3n) is 5.92. The molecule has 1 heterocycles. The van der Waals surface area contributed by atoms with E-state index in [1.165, 1.54) is 4.31 Å². The summed E-state index contributed by atoms with van der Waals surface area (Å²) in [5.74, 6) is -0.181. The zero-order chi connectivity index (χ0) is 22.9. The van der Waals surface area contributed by atoms with Gasteiger partial charge in [0.05, 0.1) is 4.90 Å². The first-order valence-corrected chi connectivity index (χ1v) is 12.2. The first-order chi connectivity index (χ1) is 15.2. The molecule has 0 spiro atoms. The molecule has 3 amide bonds. The maximum Gasteiger partial charge on any atom is 0.319 e. The highest BCUT2D eigenvalue weighted by Crippen LogP contribution is 2.22. The van der Waals surface area contributed by atoms with Gasteiger partial charge in [-0.2, -0.15) is 4.31 Å². The van der Waals surface area contributed by atoms with Crippen LogP contribution >= 0.6 is 0 Å². The van der Waals surface area contributed by atoms with Gasteiger partial charge in [-0.3, -0.25) is 4.79 Å². The Balaban J connectivity index is 1.38. The fourth-order valence-electron chi connectivity index (χ4n) is 3.65. The van der Waals surface area contributed by atoms with Crippen molar-refractivity contribution in [3.05, 3.63) is 59.2 Å². The minimum absolute atomic E-state index is 0.181. The molecule has 32 heavy (non-hydrogen) atoms. The molecule has 8 nitrogen and oxygen atoms in total. The number of nitrogens with one attached hydrogen (secondary N) is 2. The summed E-state index contributed by atoms with van der Waals surface area (Å²) in [5, 5.41) is 5.60. The molecule has 2 N–H and O–H groups in total. The summed E-state index contributed by atoms with van der Waals surface area (Å²) in [4.78, 5) is 26.8. The van der Waals surface area contributed by atoms with Crippen molar-refractivity contribution < 1.29 is 18.0 Å². The topological polar surface area (TPSA) is 98.8 Å². The molecule has 1 aliphatic carbocycles. The number of urea groups is 1. The van der Waals surface area contributed by atoms with Crippen molar-refractivity contribution in [1.82, 2.24) is 14.5 Å². The van der Waals surface area contributed by atoms with Gasteiger partial charge >= 0.3 is 6.03 Å². The molecule has 2 aromatic rings. The zero-order valence-corrected chi connectivity index (χ0v) is 19.1. The average Bonchev–Trinajstić information content (AvgIpc) is 3.59. The number of aryl methyl sites for hydroxylation is 2. The van der Waals surface area contributed by atoms with E-state index in [0.717, 1.165) is 24.0 Å². The molecule has 9 heteroatoms. The number of benzene rings is 2. The number of amides is 3. The van der Waals surface area contributed by atoms with Crippen molar-refractivity contribution in [3.63, 3.8) is 0 Å². The minimum atomic E-state index is -3.60. The number of hydrogen-bond donors (Lipinski definition) is 2. The van der Waals surface area contributed by atoms with Gasteiger partial charge in [-0.25, -0.2) is 13.2 Å². The van der Waals surface area contributed by atoms with E-state index in [9.17, 15) is 18.0 Å². The van der Waals surface area contributed by atoms with Gasteiger partial charge < -0.3 is 15.5 Å². The second-order valence-electron chi connectivity index (χ2n) is 8.40. The van der Waals surface area contributed by atoms with E-state index in [1.54, 1.807) is 41.3 Å². The van der Waals surface area contributed by atoms with Crippen LogP contribution < -0.4 is 10.6 Å². The van der Waals surface area contributed by atoms with Crippen LogP contribution in [0.15, 0.2) is 47.4 Å². The average molecular weight is 457 g/mol. The fraction of sp³-hybridized carbons (Fsp3) is 0.391. The number of hydrogen-bond acceptors (Lipinski definition) is 4. The second kappa shape index (κ2) is 8.91. The summed E-state index contributed by atoms with van der Waals surface area (Å²) < 4.78 is 27.4. The Kier molecular flexibility index (Phi) is 6.21. The Morgan fingerprint density at radius 1 is 0.938 bits per heavy atom. The molecule has 1 aliphatic heterocycles. The predicted molar refractivity (Wildman–Crippen MR) is 122 cm³/mol. The van der Waals surface area contributed by atoms with Gasteiger partial charge in [0.1, 0.15) is 0 Å². The van der Waals surface area contributed by atoms with E-state index < -0.39 is 10.0 Å². The summed E-state index contributed by atoms with van der Waals surface area (Å²) in [6.45, 7) is 4.93. The smallest absolute Gasteiger partial charge is 0.319 e. The van der Waals surface area contributed by atoms with Gasteiger partial charge in [0.25, 0.3) is 5.91 Å². The SMILES string of the molecule is Cc1ccc(S(=O)(=O)N2CCN(C(=O)c3cccc(NC(=O)NC4CC4)c3)CC2)cc1C. The van der Waals surface area contributed by atoms with Crippen molar-refractivity contribution >= 4 is 27.6 Å². The Labute approximate surface area is 188 Å². The maximum atomic E-state index is 13.0. The van der Waals surface area contributed by atoms with Crippen molar-refractivity contribution in [2.45, 2.75) is 37.6 Å². The van der Waals surface area contributed by atoms with Crippen LogP contribution in [0.5, 0.6) is 0 Å². The molecular weight excluding hydrogens is 428 g/mol. The molecule has 0 unspecified atom stereocenters. The third kappa shape index (κ3) is 4.94. The van der Waals surface area contributed by atoms with E-state index >= 15 is 0 Å². The number of carbonyl (C=O) groups excluding carboxylic acids is 2. The number of rotatable bonds is 5. The summed E-state index contributed by atoms with van der Waals surface area (Å²) >= 11 is 0. The molecule has 0 bridgehead atoms. The highest BCUT2D eigenvalue weighted by atomic mass is 32.2. The molecule has 2 aromatic carbocycles. The lowest BCUT2D eigenvalue weighted by Crippen LogP contribution is -2.50. The largest absolute Gasteiger partial charge is 0.336 e. The van der Waals surface area contributed by atoms with Crippen LogP contribution in [-0.4, -0.2) is 61.8 Å². The van der Waals surface area contributed by atoms with Crippen molar-refractivity contribution in [3.8, 4) is 0 Å². The number of sulfonamides is 1. The van der Waals surface area contributed by atoms with Crippen molar-refractivity contribution in [2.75, 3.05) is 31.5 Å². The molecule has 0 atom stereocenters. The Morgan fingerprint density at radius 3 is 2.31 bits per heavy atom. The first kappa shape index (κ1) is 22.3. The number of piperazine rings is 1. The molecular formula is C23H28N4O4S. The second-order valence-corrected chi connectivity index (χ2v) is 10.3. The summed E-state index contributed by atoms with van der Waals surface area (Å²) in [7, 11) is -3.60. The Hall–Kier alpha value is -2.91. The van der Waals surface area contributed by atoms with Gasteiger partial charge in [0.15, 0.2) is 0 Å². The standard InChI is InChI=1S/C23H28N4O4S/c1-16-6-9-21(14-17(16)2)32(30,31)27-12-10-26(11-13-27)22(28)18-4-3-5-20(15-18)25-23(29)24-19-7-8-19/h3-6,9,14-15,19H,7-8,10-13H2,1-2H3,(H2,24,25,29). The molecule has 1 saturated carbocycles. The minimum Gasteiger partial charge on any atom is -0.336 e. The summed E-state index contributed by atoms with van der Waals surface area (Å²) in [5.41, 5.74) is 2.98. The van der Waals surface area contributed by atoms with Gasteiger partial charge in [0, 0.05) is 43.5 Å². The molecule has 4 rings (SSSR count). The monoisotopic (exact) mass is 456 g/mol. The normalized spacial score (nSPS) is 17.1. The fourth-order valence-corrected chi connectivity index (χ4v) is 5.16. The van der Waals surface area contributed by atoms with E-state index in [1.807, 2.05) is 19.9 Å². The van der Waals surface area contributed by atoms with Gasteiger partial charge in [-0.15, -0.1) is 0 Å². The molecule has 170 valence electrons. The molecule has 1 saturated heterocycles. The lowest BCUT2D eigenvalue weighted by molar-refractivity contribution is 0.0698. The van der Waals surface area contributed by atoms with Gasteiger partial charge in [-0.1, -0.05) is 12.1 Å². The van der Waals surface area contributed by atoms with E-state index in [0.29, 0.717) is 24.3 Å². The number of nitrogens with zero attached hydrogens (tertiary/aromatic N) is 2. The Morgan fingerprint density at radius 2 is 1.66 bits per heavy atom. The van der Waals surface area contributed by atoms with E-state index in [-0.39, 0.29) is 36.0 Å². The highest BCUT2D eigenvalue weighted by Gasteiger charge is 2.30. The summed E-state index contributed by atoms with van der Waals surface area (Å²) in [6.07, 6.45) is 1.99. The summed E-state index contributed by atoms with van der Waals surface area (Å²) in [6, 6.07) is 11.9. The van der Waals surface area contributed by atoms with Crippen LogP contribution in [0.2, 0.25) is 0 Å². The van der Waals surface area contributed by atoms with E-state index in [2.05, 4.69) is 10.6 Å². The highest BCUT2D eigenvalue weighted by molar-refractivity contribution is 7.89.